The molecule has 3 heterocycles. The molecule has 0 aliphatic carbocycles. The maximum absolute atomic E-state index is 13.6. The number of nitrogens with zero attached hydrogens (tertiary/aromatic N) is 5. The highest BCUT2D eigenvalue weighted by molar-refractivity contribution is 6.33. The predicted molar refractivity (Wildman–Crippen MR) is 222 cm³/mol. The molecule has 0 bridgehead atoms. The van der Waals surface area contributed by atoms with Gasteiger partial charge in [0.2, 0.25) is 5.78 Å². The lowest BCUT2D eigenvalue weighted by molar-refractivity contribution is -0.104. The number of esters is 1. The number of rotatable bonds is 20. The van der Waals surface area contributed by atoms with Gasteiger partial charge in [0.1, 0.15) is 17.5 Å². The Morgan fingerprint density at radius 3 is 1.93 bits per heavy atom. The van der Waals surface area contributed by atoms with Crippen LogP contribution < -0.4 is 24.9 Å². The number of anilines is 3. The monoisotopic (exact) mass is 820 g/mol. The summed E-state index contributed by atoms with van der Waals surface area (Å²) in [4.78, 5) is 52.9. The second kappa shape index (κ2) is 18.8. The number of ether oxygens (including phenoxy) is 6. The van der Waals surface area contributed by atoms with E-state index in [0.717, 1.165) is 17.1 Å². The minimum Gasteiger partial charge on any atom is -0.456 e. The fourth-order valence-electron chi connectivity index (χ4n) is 7.14. The van der Waals surface area contributed by atoms with Crippen molar-refractivity contribution >= 4 is 41.0 Å². The molecule has 1 amide bonds. The van der Waals surface area contributed by atoms with Crippen molar-refractivity contribution in [1.82, 2.24) is 5.32 Å². The molecule has 0 radical (unpaired) electrons. The summed E-state index contributed by atoms with van der Waals surface area (Å²) >= 11 is 0. The van der Waals surface area contributed by atoms with Gasteiger partial charge < -0.3 is 43.5 Å². The Morgan fingerprint density at radius 1 is 0.767 bits per heavy atom. The first-order valence-electron chi connectivity index (χ1n) is 19.7. The normalized spacial score (nSPS) is 15.5. The van der Waals surface area contributed by atoms with Gasteiger partial charge in [-0.2, -0.15) is 5.11 Å². The van der Waals surface area contributed by atoms with Gasteiger partial charge in [-0.3, -0.25) is 14.4 Å². The van der Waals surface area contributed by atoms with E-state index in [1.807, 2.05) is 74.4 Å². The zero-order valence-corrected chi connectivity index (χ0v) is 34.0. The number of carbonyl (C=O) groups excluding carboxylic acids is 4. The number of aldehydes is 1. The van der Waals surface area contributed by atoms with Gasteiger partial charge in [0.15, 0.2) is 11.9 Å². The van der Waals surface area contributed by atoms with Gasteiger partial charge in [0.05, 0.1) is 70.7 Å². The van der Waals surface area contributed by atoms with Crippen LogP contribution >= 0.6 is 0 Å². The molecule has 1 atom stereocenters. The Bertz CT molecular complexity index is 2190. The third-order valence-electron chi connectivity index (χ3n) is 10.3. The van der Waals surface area contributed by atoms with E-state index >= 15 is 0 Å². The van der Waals surface area contributed by atoms with Crippen molar-refractivity contribution in [2.45, 2.75) is 11.6 Å². The van der Waals surface area contributed by atoms with Crippen LogP contribution in [0.1, 0.15) is 47.8 Å². The first-order chi connectivity index (χ1) is 29.1. The third kappa shape index (κ3) is 9.01. The van der Waals surface area contributed by atoms with Gasteiger partial charge in [0.25, 0.3) is 5.91 Å². The van der Waals surface area contributed by atoms with Crippen LogP contribution in [0.3, 0.4) is 0 Å². The van der Waals surface area contributed by atoms with Crippen LogP contribution in [0.2, 0.25) is 0 Å². The van der Waals surface area contributed by atoms with Crippen molar-refractivity contribution in [2.75, 3.05) is 109 Å². The first-order valence-corrected chi connectivity index (χ1v) is 19.7. The largest absolute Gasteiger partial charge is 0.456 e. The molecule has 16 nitrogen and oxygen atoms in total. The van der Waals surface area contributed by atoms with Crippen LogP contribution in [0, 0.1) is 0 Å². The van der Waals surface area contributed by atoms with Crippen LogP contribution in [0.25, 0.3) is 0 Å². The van der Waals surface area contributed by atoms with E-state index in [0.29, 0.717) is 104 Å². The van der Waals surface area contributed by atoms with Gasteiger partial charge in [-0.05, 0) is 60.7 Å². The third-order valence-corrected chi connectivity index (χ3v) is 10.3. The van der Waals surface area contributed by atoms with E-state index in [2.05, 4.69) is 15.7 Å². The van der Waals surface area contributed by atoms with Crippen LogP contribution in [0.15, 0.2) is 89.2 Å². The quantitative estimate of drug-likeness (QED) is 0.0424. The molecule has 4 aromatic carbocycles. The molecule has 4 aromatic rings. The van der Waals surface area contributed by atoms with Crippen LogP contribution in [0.5, 0.6) is 11.5 Å². The van der Waals surface area contributed by atoms with Crippen molar-refractivity contribution in [1.29, 1.82) is 0 Å². The van der Waals surface area contributed by atoms with E-state index < -0.39 is 17.4 Å². The van der Waals surface area contributed by atoms with E-state index in [9.17, 15) is 19.2 Å². The minimum atomic E-state index is -1.24. The maximum atomic E-state index is 13.6. The lowest BCUT2D eigenvalue weighted by Crippen LogP contribution is -2.33. The fourth-order valence-corrected chi connectivity index (χ4v) is 7.14. The second-order valence-electron chi connectivity index (χ2n) is 14.7. The molecule has 0 saturated carbocycles. The standard InChI is InChI=1S/C44H48N6O10/c1-48(2)33-10-13-37-40(24-33)59-41-25-34(49(3)4)11-14-38(41)44(37)36-12-7-30(23-35(36)43(54)60-44)42(53)45-15-16-55-17-18-56-19-20-57-21-22-58-28-31-26-50(47-46-31)32-8-5-29(6-9-32)39(52)27-51/h5-14,23-25,27,31H,15-22,26,28H2,1-4H3,(H,45,53). The van der Waals surface area contributed by atoms with Gasteiger partial charge in [-0.1, -0.05) is 11.3 Å². The number of amides is 1. The molecule has 7 rings (SSSR count). The Hall–Kier alpha value is -6.20. The number of nitrogens with one attached hydrogen (secondary N) is 1. The molecule has 0 saturated heterocycles. The fraction of sp³-hybridized carbons (Fsp3) is 0.364. The number of fused-ring (bicyclic) bond motifs is 6. The highest BCUT2D eigenvalue weighted by Crippen LogP contribution is 2.57. The molecular weight excluding hydrogens is 773 g/mol. The zero-order chi connectivity index (χ0) is 42.2. The predicted octanol–water partition coefficient (Wildman–Crippen LogP) is 4.82. The molecule has 1 spiro atoms. The lowest BCUT2D eigenvalue weighted by atomic mass is 9.77. The average Bonchev–Trinajstić information content (AvgIpc) is 3.85. The van der Waals surface area contributed by atoms with Crippen molar-refractivity contribution in [3.05, 3.63) is 112 Å². The van der Waals surface area contributed by atoms with Gasteiger partial charge in [0, 0.05) is 86.1 Å². The van der Waals surface area contributed by atoms with Crippen LogP contribution in [-0.4, -0.2) is 124 Å². The molecular formula is C44H48N6O10. The van der Waals surface area contributed by atoms with E-state index in [-0.39, 0.29) is 25.1 Å². The van der Waals surface area contributed by atoms with Crippen molar-refractivity contribution in [3.8, 4) is 11.5 Å². The summed E-state index contributed by atoms with van der Waals surface area (Å²) in [5, 5.41) is 13.0. The molecule has 0 aromatic heterocycles. The summed E-state index contributed by atoms with van der Waals surface area (Å²) < 4.78 is 35.2. The van der Waals surface area contributed by atoms with Gasteiger partial charge >= 0.3 is 5.97 Å². The Balaban J connectivity index is 0.796. The maximum Gasteiger partial charge on any atom is 0.340 e. The van der Waals surface area contributed by atoms with Crippen LogP contribution in [-0.2, 0) is 34.1 Å². The Kier molecular flexibility index (Phi) is 13.1. The zero-order valence-electron chi connectivity index (χ0n) is 34.0. The highest BCUT2D eigenvalue weighted by Gasteiger charge is 2.53. The molecule has 1 unspecified atom stereocenters. The summed E-state index contributed by atoms with van der Waals surface area (Å²) in [6.45, 7) is 3.78. The number of hydrogen-bond donors (Lipinski definition) is 1. The summed E-state index contributed by atoms with van der Waals surface area (Å²) in [5.74, 6) is -0.244. The molecule has 3 aliphatic heterocycles. The van der Waals surface area contributed by atoms with Crippen LogP contribution in [0.4, 0.5) is 17.1 Å². The SMILES string of the molecule is CN(C)c1ccc2c(c1)Oc1cc(N(C)C)ccc1C21OC(=O)c2cc(C(=O)NCCOCCOCCOCCOCC3CN(c4ccc(C(=O)C=O)cc4)N=N3)ccc21. The Labute approximate surface area is 347 Å². The summed E-state index contributed by atoms with van der Waals surface area (Å²) in [6.07, 6.45) is 0.291. The van der Waals surface area contributed by atoms with Gasteiger partial charge in [-0.25, -0.2) is 9.80 Å². The topological polar surface area (TPSA) is 170 Å². The molecule has 3 aliphatic rings. The number of carbonyl (C=O) groups is 4. The average molecular weight is 821 g/mol. The van der Waals surface area contributed by atoms with E-state index in [1.54, 1.807) is 47.5 Å². The number of ketones is 1. The van der Waals surface area contributed by atoms with Crippen molar-refractivity contribution in [3.63, 3.8) is 0 Å². The smallest absolute Gasteiger partial charge is 0.340 e. The molecule has 1 N–H and O–H groups in total. The lowest BCUT2D eigenvalue weighted by Gasteiger charge is -2.37. The van der Waals surface area contributed by atoms with Crippen molar-refractivity contribution < 1.29 is 47.6 Å². The van der Waals surface area contributed by atoms with Gasteiger partial charge in [-0.15, -0.1) is 0 Å². The number of hydrogen-bond acceptors (Lipinski definition) is 15. The highest BCUT2D eigenvalue weighted by atomic mass is 16.6. The van der Waals surface area contributed by atoms with Crippen molar-refractivity contribution in [2.24, 2.45) is 10.3 Å². The first kappa shape index (κ1) is 41.9. The molecule has 60 heavy (non-hydrogen) atoms. The summed E-state index contributed by atoms with van der Waals surface area (Å²) in [5.41, 5.74) is 4.44. The summed E-state index contributed by atoms with van der Waals surface area (Å²) in [7, 11) is 7.81. The minimum absolute atomic E-state index is 0.128. The Morgan fingerprint density at radius 2 is 1.33 bits per heavy atom. The molecule has 314 valence electrons. The van der Waals surface area contributed by atoms with E-state index in [4.69, 9.17) is 28.4 Å². The molecule has 16 heteroatoms. The van der Waals surface area contributed by atoms with E-state index in [1.165, 1.54) is 0 Å². The second-order valence-corrected chi connectivity index (χ2v) is 14.7. The summed E-state index contributed by atoms with van der Waals surface area (Å²) in [6, 6.07) is 23.3. The number of benzene rings is 4. The number of Topliss-reactive ketones (excluding diaryl/α,β-unsaturated/α-hetero) is 1. The molecule has 0 fully saturated rings.